The molecule has 1 atom stereocenters. The van der Waals surface area contributed by atoms with Crippen LogP contribution in [0, 0.1) is 11.3 Å². The minimum absolute atomic E-state index is 0.0421. The fraction of sp³-hybridized carbons (Fsp3) is 0.600. The maximum Gasteiger partial charge on any atom is 0.162 e. The molecule has 0 aliphatic carbocycles. The van der Waals surface area contributed by atoms with E-state index in [1.807, 2.05) is 6.07 Å². The van der Waals surface area contributed by atoms with Crippen LogP contribution in [-0.4, -0.2) is 37.4 Å². The molecule has 0 N–H and O–H groups in total. The second-order valence-electron chi connectivity index (χ2n) is 3.92. The van der Waals surface area contributed by atoms with Crippen molar-refractivity contribution >= 4 is 38.0 Å². The fourth-order valence-corrected chi connectivity index (χ4v) is 3.68. The largest absolute Gasteiger partial charge is 0.360 e. The Labute approximate surface area is 116 Å². The van der Waals surface area contributed by atoms with Crippen LogP contribution in [0.5, 0.6) is 0 Å². The molecule has 1 aromatic heterocycles. The molecule has 0 amide bonds. The van der Waals surface area contributed by atoms with Crippen molar-refractivity contribution in [2.75, 3.05) is 23.5 Å². The highest BCUT2D eigenvalue weighted by Crippen LogP contribution is 2.31. The second kappa shape index (κ2) is 5.87. The van der Waals surface area contributed by atoms with Gasteiger partial charge >= 0.3 is 0 Å². The van der Waals surface area contributed by atoms with Gasteiger partial charge in [0.25, 0.3) is 0 Å². The van der Waals surface area contributed by atoms with Gasteiger partial charge in [0.05, 0.1) is 5.75 Å². The lowest BCUT2D eigenvalue weighted by Gasteiger charge is -2.24. The number of halogens is 1. The number of rotatable bonds is 5. The first-order valence-electron chi connectivity index (χ1n) is 5.31. The SMILES string of the molecule is CCS(=O)(=O)C[C@H](C)N(C)c1snc(Cl)c1C#N. The molecular formula is C10H14ClN3O2S2. The number of hydrogen-bond donors (Lipinski definition) is 0. The first-order chi connectivity index (χ1) is 8.32. The molecule has 5 nitrogen and oxygen atoms in total. The van der Waals surface area contributed by atoms with Crippen LogP contribution in [-0.2, 0) is 9.84 Å². The Morgan fingerprint density at radius 3 is 2.72 bits per heavy atom. The zero-order valence-electron chi connectivity index (χ0n) is 10.3. The molecule has 0 saturated carbocycles. The summed E-state index contributed by atoms with van der Waals surface area (Å²) >= 11 is 6.88. The molecule has 0 unspecified atom stereocenters. The van der Waals surface area contributed by atoms with E-state index in [0.717, 1.165) is 11.5 Å². The first kappa shape index (κ1) is 15.2. The van der Waals surface area contributed by atoms with E-state index in [4.69, 9.17) is 16.9 Å². The maximum absolute atomic E-state index is 11.6. The number of hydrogen-bond acceptors (Lipinski definition) is 6. The molecule has 18 heavy (non-hydrogen) atoms. The van der Waals surface area contributed by atoms with Gasteiger partial charge in [-0.25, -0.2) is 8.42 Å². The summed E-state index contributed by atoms with van der Waals surface area (Å²) in [6.45, 7) is 3.41. The highest BCUT2D eigenvalue weighted by Gasteiger charge is 2.22. The average Bonchev–Trinajstić information content (AvgIpc) is 2.68. The van der Waals surface area contributed by atoms with Gasteiger partial charge in [0.1, 0.15) is 16.6 Å². The zero-order valence-corrected chi connectivity index (χ0v) is 12.7. The Morgan fingerprint density at radius 2 is 2.22 bits per heavy atom. The van der Waals surface area contributed by atoms with Crippen molar-refractivity contribution in [1.82, 2.24) is 4.37 Å². The van der Waals surface area contributed by atoms with Gasteiger partial charge in [0, 0.05) is 18.8 Å². The smallest absolute Gasteiger partial charge is 0.162 e. The van der Waals surface area contributed by atoms with Crippen LogP contribution in [0.25, 0.3) is 0 Å². The number of aromatic nitrogens is 1. The third-order valence-electron chi connectivity index (χ3n) is 2.66. The molecule has 0 saturated heterocycles. The normalized spacial score (nSPS) is 13.1. The Hall–Kier alpha value is -0.840. The van der Waals surface area contributed by atoms with Gasteiger partial charge in [0.15, 0.2) is 15.0 Å². The highest BCUT2D eigenvalue weighted by atomic mass is 35.5. The number of anilines is 1. The van der Waals surface area contributed by atoms with E-state index in [1.165, 1.54) is 0 Å². The molecular weight excluding hydrogens is 294 g/mol. The summed E-state index contributed by atoms with van der Waals surface area (Å²) in [7, 11) is -1.32. The van der Waals surface area contributed by atoms with E-state index in [9.17, 15) is 8.42 Å². The molecule has 1 rings (SSSR count). The molecule has 0 aliphatic rings. The molecule has 0 radical (unpaired) electrons. The summed E-state index contributed by atoms with van der Waals surface area (Å²) in [6.07, 6.45) is 0. The Bertz CT molecular complexity index is 562. The van der Waals surface area contributed by atoms with Crippen LogP contribution < -0.4 is 4.90 Å². The topological polar surface area (TPSA) is 74.1 Å². The maximum atomic E-state index is 11.6. The first-order valence-corrected chi connectivity index (χ1v) is 8.28. The Balaban J connectivity index is 2.94. The van der Waals surface area contributed by atoms with Crippen LogP contribution in [0.15, 0.2) is 0 Å². The van der Waals surface area contributed by atoms with E-state index in [0.29, 0.717) is 10.6 Å². The summed E-state index contributed by atoms with van der Waals surface area (Å²) in [6, 6.07) is 1.74. The monoisotopic (exact) mass is 307 g/mol. The van der Waals surface area contributed by atoms with E-state index >= 15 is 0 Å². The van der Waals surface area contributed by atoms with Crippen molar-refractivity contribution in [2.45, 2.75) is 19.9 Å². The zero-order chi connectivity index (χ0) is 13.9. The van der Waals surface area contributed by atoms with E-state index in [-0.39, 0.29) is 22.7 Å². The molecule has 0 fully saturated rings. The van der Waals surface area contributed by atoms with Crippen molar-refractivity contribution in [1.29, 1.82) is 5.26 Å². The second-order valence-corrected chi connectivity index (χ2v) is 7.43. The minimum atomic E-state index is -3.06. The molecule has 0 bridgehead atoms. The predicted molar refractivity (Wildman–Crippen MR) is 74.0 cm³/mol. The summed E-state index contributed by atoms with van der Waals surface area (Å²) in [5, 5.41) is 9.75. The van der Waals surface area contributed by atoms with Crippen molar-refractivity contribution in [2.24, 2.45) is 0 Å². The number of nitrogens with zero attached hydrogens (tertiary/aromatic N) is 3. The molecule has 8 heteroatoms. The summed E-state index contributed by atoms with van der Waals surface area (Å²) in [5.41, 5.74) is 0.296. The Kier molecular flexibility index (Phi) is 4.96. The van der Waals surface area contributed by atoms with Crippen LogP contribution >= 0.6 is 23.1 Å². The fourth-order valence-electron chi connectivity index (χ4n) is 1.39. The summed E-state index contributed by atoms with van der Waals surface area (Å²) in [5.74, 6) is 0.153. The number of sulfone groups is 1. The molecule has 100 valence electrons. The van der Waals surface area contributed by atoms with Gasteiger partial charge in [-0.05, 0) is 18.5 Å². The lowest BCUT2D eigenvalue weighted by Crippen LogP contribution is -2.35. The average molecular weight is 308 g/mol. The highest BCUT2D eigenvalue weighted by molar-refractivity contribution is 7.91. The van der Waals surface area contributed by atoms with E-state index in [1.54, 1.807) is 25.8 Å². The van der Waals surface area contributed by atoms with Crippen LogP contribution in [0.3, 0.4) is 0 Å². The quantitative estimate of drug-likeness (QED) is 0.831. The van der Waals surface area contributed by atoms with Gasteiger partial charge in [0.2, 0.25) is 0 Å². The summed E-state index contributed by atoms with van der Waals surface area (Å²) in [4.78, 5) is 1.73. The standard InChI is InChI=1S/C10H14ClN3O2S2/c1-4-18(15,16)6-7(2)14(3)10-8(5-12)9(11)13-17-10/h7H,4,6H2,1-3H3/t7-/m0/s1. The molecule has 0 aliphatic heterocycles. The van der Waals surface area contributed by atoms with Gasteiger partial charge in [-0.3, -0.25) is 0 Å². The van der Waals surface area contributed by atoms with Gasteiger partial charge in [-0.15, -0.1) is 0 Å². The molecule has 0 aromatic carbocycles. The van der Waals surface area contributed by atoms with E-state index < -0.39 is 9.84 Å². The van der Waals surface area contributed by atoms with Crippen LogP contribution in [0.4, 0.5) is 5.00 Å². The van der Waals surface area contributed by atoms with Crippen molar-refractivity contribution in [3.8, 4) is 6.07 Å². The van der Waals surface area contributed by atoms with Gasteiger partial charge in [-0.1, -0.05) is 18.5 Å². The van der Waals surface area contributed by atoms with Crippen molar-refractivity contribution in [3.05, 3.63) is 10.7 Å². The minimum Gasteiger partial charge on any atom is -0.360 e. The lowest BCUT2D eigenvalue weighted by molar-refractivity contribution is 0.588. The van der Waals surface area contributed by atoms with Crippen LogP contribution in [0.1, 0.15) is 19.4 Å². The summed E-state index contributed by atoms with van der Waals surface area (Å²) < 4.78 is 27.1. The predicted octanol–water partition coefficient (Wildman–Crippen LogP) is 1.93. The third kappa shape index (κ3) is 3.34. The van der Waals surface area contributed by atoms with Crippen molar-refractivity contribution < 1.29 is 8.42 Å². The lowest BCUT2D eigenvalue weighted by atomic mass is 10.3. The van der Waals surface area contributed by atoms with Crippen molar-refractivity contribution in [3.63, 3.8) is 0 Å². The van der Waals surface area contributed by atoms with Gasteiger partial charge < -0.3 is 4.90 Å². The molecule has 1 heterocycles. The van der Waals surface area contributed by atoms with Crippen LogP contribution in [0.2, 0.25) is 5.15 Å². The van der Waals surface area contributed by atoms with E-state index in [2.05, 4.69) is 4.37 Å². The molecule has 0 spiro atoms. The molecule has 1 aromatic rings. The third-order valence-corrected chi connectivity index (χ3v) is 5.84. The Morgan fingerprint density at radius 1 is 1.61 bits per heavy atom. The number of nitriles is 1. The van der Waals surface area contributed by atoms with Gasteiger partial charge in [-0.2, -0.15) is 9.64 Å².